The molecule has 0 unspecified atom stereocenters. The number of Topliss-reactive ketones (excluding diaryl/α,β-unsaturated/α-hetero) is 1. The Labute approximate surface area is 162 Å². The zero-order chi connectivity index (χ0) is 19.9. The maximum absolute atomic E-state index is 12.6. The fourth-order valence-electron chi connectivity index (χ4n) is 2.80. The fourth-order valence-corrected chi connectivity index (χ4v) is 3.82. The number of carbonyl (C=O) groups is 2. The van der Waals surface area contributed by atoms with Crippen LogP contribution in [-0.4, -0.2) is 48.1 Å². The van der Waals surface area contributed by atoms with E-state index in [1.54, 1.807) is 12.1 Å². The van der Waals surface area contributed by atoms with Gasteiger partial charge in [-0.3, -0.25) is 9.59 Å². The maximum Gasteiger partial charge on any atom is 0.313 e. The first-order chi connectivity index (χ1) is 12.8. The molecule has 150 valence electrons. The molecule has 2 rings (SSSR count). The SMILES string of the molecule is COC(=O)CC(=O)C[C@H](CCC1(C)OCCO1)N[S@@](=O)c1ccc(C)cc1. The molecule has 2 atom stereocenters. The van der Waals surface area contributed by atoms with E-state index in [-0.39, 0.29) is 24.7 Å². The average molecular weight is 397 g/mol. The van der Waals surface area contributed by atoms with Gasteiger partial charge in [0.15, 0.2) is 5.79 Å². The molecule has 0 aliphatic carbocycles. The quantitative estimate of drug-likeness (QED) is 0.480. The molecule has 0 spiro atoms. The molecule has 8 heteroatoms. The van der Waals surface area contributed by atoms with Crippen molar-refractivity contribution < 1.29 is 28.0 Å². The molecule has 0 radical (unpaired) electrons. The van der Waals surface area contributed by atoms with Crippen LogP contribution < -0.4 is 4.72 Å². The Morgan fingerprint density at radius 1 is 1.26 bits per heavy atom. The van der Waals surface area contributed by atoms with Crippen LogP contribution in [0.5, 0.6) is 0 Å². The Morgan fingerprint density at radius 2 is 1.89 bits per heavy atom. The van der Waals surface area contributed by atoms with Gasteiger partial charge in [-0.05, 0) is 32.4 Å². The van der Waals surface area contributed by atoms with E-state index in [4.69, 9.17) is 9.47 Å². The fraction of sp³-hybridized carbons (Fsp3) is 0.579. The summed E-state index contributed by atoms with van der Waals surface area (Å²) in [6, 6.07) is 6.96. The highest BCUT2D eigenvalue weighted by Crippen LogP contribution is 2.25. The standard InChI is InChI=1S/C19H27NO6S/c1-14-4-6-17(7-5-14)27(23)20-15(12-16(21)13-18(22)24-3)8-9-19(2)25-10-11-26-19/h4-7,15,20H,8-13H2,1-3H3/t15-,27-/m0/s1. The number of rotatable bonds is 10. The van der Waals surface area contributed by atoms with Crippen LogP contribution in [0.3, 0.4) is 0 Å². The number of ether oxygens (including phenoxy) is 3. The summed E-state index contributed by atoms with van der Waals surface area (Å²) in [5.74, 6) is -1.54. The number of hydrogen-bond acceptors (Lipinski definition) is 6. The molecular weight excluding hydrogens is 370 g/mol. The third-order valence-electron chi connectivity index (χ3n) is 4.40. The van der Waals surface area contributed by atoms with Gasteiger partial charge in [0.05, 0.1) is 25.2 Å². The van der Waals surface area contributed by atoms with Crippen molar-refractivity contribution in [2.45, 2.75) is 56.3 Å². The highest BCUT2D eigenvalue weighted by molar-refractivity contribution is 7.83. The summed E-state index contributed by atoms with van der Waals surface area (Å²) in [5, 5.41) is 0. The Kier molecular flexibility index (Phi) is 8.09. The summed E-state index contributed by atoms with van der Waals surface area (Å²) in [6.07, 6.45) is 0.835. The summed E-state index contributed by atoms with van der Waals surface area (Å²) in [6.45, 7) is 4.87. The zero-order valence-electron chi connectivity index (χ0n) is 16.0. The first-order valence-corrected chi connectivity index (χ1v) is 10.1. The molecule has 1 aromatic rings. The summed E-state index contributed by atoms with van der Waals surface area (Å²) in [7, 11) is -0.226. The second-order valence-corrected chi connectivity index (χ2v) is 8.01. The predicted octanol–water partition coefficient (Wildman–Crippen LogP) is 2.04. The van der Waals surface area contributed by atoms with Crippen molar-refractivity contribution in [1.29, 1.82) is 0 Å². The number of nitrogens with one attached hydrogen (secondary N) is 1. The summed E-state index contributed by atoms with van der Waals surface area (Å²) in [5.41, 5.74) is 1.07. The van der Waals surface area contributed by atoms with Gasteiger partial charge in [-0.2, -0.15) is 0 Å². The molecule has 0 bridgehead atoms. The molecular formula is C19H27NO6S. The highest BCUT2D eigenvalue weighted by Gasteiger charge is 2.32. The minimum Gasteiger partial charge on any atom is -0.469 e. The largest absolute Gasteiger partial charge is 0.469 e. The molecule has 1 saturated heterocycles. The number of aryl methyl sites for hydroxylation is 1. The molecule has 1 aliphatic heterocycles. The first kappa shape index (κ1) is 21.7. The van der Waals surface area contributed by atoms with E-state index < -0.39 is 22.7 Å². The number of benzene rings is 1. The van der Waals surface area contributed by atoms with E-state index in [0.29, 0.717) is 31.0 Å². The third-order valence-corrected chi connectivity index (χ3v) is 5.64. The van der Waals surface area contributed by atoms with Gasteiger partial charge in [-0.15, -0.1) is 0 Å². The normalized spacial score (nSPS) is 18.0. The smallest absolute Gasteiger partial charge is 0.313 e. The summed E-state index contributed by atoms with van der Waals surface area (Å²) < 4.78 is 31.4. The average Bonchev–Trinajstić information content (AvgIpc) is 3.07. The number of ketones is 1. The van der Waals surface area contributed by atoms with Gasteiger partial charge in [0, 0.05) is 18.9 Å². The van der Waals surface area contributed by atoms with Crippen LogP contribution in [0.25, 0.3) is 0 Å². The lowest BCUT2D eigenvalue weighted by Gasteiger charge is -2.25. The van der Waals surface area contributed by atoms with E-state index in [2.05, 4.69) is 9.46 Å². The molecule has 1 aliphatic rings. The molecule has 27 heavy (non-hydrogen) atoms. The Bertz CT molecular complexity index is 669. The van der Waals surface area contributed by atoms with Crippen LogP contribution in [0.4, 0.5) is 0 Å². The number of esters is 1. The molecule has 1 fully saturated rings. The summed E-state index contributed by atoms with van der Waals surface area (Å²) in [4.78, 5) is 24.1. The van der Waals surface area contributed by atoms with Crippen molar-refractivity contribution >= 4 is 22.7 Å². The second-order valence-electron chi connectivity index (χ2n) is 6.76. The van der Waals surface area contributed by atoms with Crippen molar-refractivity contribution in [3.63, 3.8) is 0 Å². The van der Waals surface area contributed by atoms with Gasteiger partial charge < -0.3 is 14.2 Å². The molecule has 0 amide bonds. The van der Waals surface area contributed by atoms with Crippen molar-refractivity contribution in [3.8, 4) is 0 Å². The van der Waals surface area contributed by atoms with Gasteiger partial charge in [-0.1, -0.05) is 17.7 Å². The molecule has 0 saturated carbocycles. The van der Waals surface area contributed by atoms with Gasteiger partial charge in [0.1, 0.15) is 23.2 Å². The second kappa shape index (κ2) is 10.1. The van der Waals surface area contributed by atoms with Crippen LogP contribution >= 0.6 is 0 Å². The molecule has 1 heterocycles. The Balaban J connectivity index is 2.00. The van der Waals surface area contributed by atoms with Gasteiger partial charge in [-0.25, -0.2) is 8.93 Å². The molecule has 7 nitrogen and oxygen atoms in total. The number of carbonyl (C=O) groups excluding carboxylic acids is 2. The molecule has 1 aromatic carbocycles. The van der Waals surface area contributed by atoms with Crippen molar-refractivity contribution in [3.05, 3.63) is 29.8 Å². The van der Waals surface area contributed by atoms with Crippen LogP contribution in [0, 0.1) is 6.92 Å². The topological polar surface area (TPSA) is 90.9 Å². The maximum atomic E-state index is 12.6. The van der Waals surface area contributed by atoms with Gasteiger partial charge in [0.2, 0.25) is 0 Å². The lowest BCUT2D eigenvalue weighted by molar-refractivity contribution is -0.149. The molecule has 1 N–H and O–H groups in total. The van der Waals surface area contributed by atoms with E-state index in [1.807, 2.05) is 26.0 Å². The minimum atomic E-state index is -1.47. The Hall–Kier alpha value is -1.61. The van der Waals surface area contributed by atoms with Crippen molar-refractivity contribution in [2.75, 3.05) is 20.3 Å². The molecule has 0 aromatic heterocycles. The monoisotopic (exact) mass is 397 g/mol. The van der Waals surface area contributed by atoms with Crippen molar-refractivity contribution in [2.24, 2.45) is 0 Å². The Morgan fingerprint density at radius 3 is 2.48 bits per heavy atom. The van der Waals surface area contributed by atoms with Crippen LogP contribution in [0.2, 0.25) is 0 Å². The number of methoxy groups -OCH3 is 1. The van der Waals surface area contributed by atoms with Crippen LogP contribution in [0.1, 0.15) is 38.2 Å². The third kappa shape index (κ3) is 7.14. The van der Waals surface area contributed by atoms with Gasteiger partial charge >= 0.3 is 5.97 Å². The van der Waals surface area contributed by atoms with E-state index in [9.17, 15) is 13.8 Å². The lowest BCUT2D eigenvalue weighted by atomic mass is 10.0. The highest BCUT2D eigenvalue weighted by atomic mass is 32.2. The minimum absolute atomic E-state index is 0.0722. The van der Waals surface area contributed by atoms with Crippen molar-refractivity contribution in [1.82, 2.24) is 4.72 Å². The van der Waals surface area contributed by atoms with Crippen LogP contribution in [-0.2, 0) is 34.8 Å². The first-order valence-electron chi connectivity index (χ1n) is 8.92. The van der Waals surface area contributed by atoms with Crippen LogP contribution in [0.15, 0.2) is 29.2 Å². The zero-order valence-corrected chi connectivity index (χ0v) is 16.8. The lowest BCUT2D eigenvalue weighted by Crippen LogP contribution is -2.36. The predicted molar refractivity (Wildman–Crippen MR) is 100 cm³/mol. The van der Waals surface area contributed by atoms with E-state index in [1.165, 1.54) is 7.11 Å². The van der Waals surface area contributed by atoms with E-state index >= 15 is 0 Å². The number of hydrogen-bond donors (Lipinski definition) is 1. The van der Waals surface area contributed by atoms with Gasteiger partial charge in [0.25, 0.3) is 0 Å². The summed E-state index contributed by atoms with van der Waals surface area (Å²) >= 11 is 0. The van der Waals surface area contributed by atoms with E-state index in [0.717, 1.165) is 5.56 Å².